The Morgan fingerprint density at radius 3 is 2.76 bits per heavy atom. The Morgan fingerprint density at radius 1 is 1.47 bits per heavy atom. The van der Waals surface area contributed by atoms with Crippen molar-refractivity contribution in [3.8, 4) is 0 Å². The molecule has 0 amide bonds. The zero-order valence-corrected chi connectivity index (χ0v) is 11.0. The first-order chi connectivity index (χ1) is 8.09. The summed E-state index contributed by atoms with van der Waals surface area (Å²) in [5, 5.41) is 14.1. The molecule has 0 spiro atoms. The van der Waals surface area contributed by atoms with E-state index in [0.29, 0.717) is 5.56 Å². The molecular weight excluding hydrogens is 234 g/mol. The molecule has 1 aromatic heterocycles. The van der Waals surface area contributed by atoms with E-state index in [9.17, 15) is 4.79 Å². The van der Waals surface area contributed by atoms with Crippen LogP contribution in [0.15, 0.2) is 11.4 Å². The Hall–Kier alpha value is -0.870. The molecule has 1 aliphatic rings. The number of rotatable bonds is 4. The van der Waals surface area contributed by atoms with E-state index in [1.807, 2.05) is 0 Å². The molecule has 17 heavy (non-hydrogen) atoms. The van der Waals surface area contributed by atoms with Crippen molar-refractivity contribution in [2.45, 2.75) is 51.1 Å². The molecule has 94 valence electrons. The van der Waals surface area contributed by atoms with Crippen molar-refractivity contribution in [1.82, 2.24) is 5.32 Å². The third-order valence-electron chi connectivity index (χ3n) is 3.55. The van der Waals surface area contributed by atoms with Gasteiger partial charge in [-0.15, -0.1) is 11.3 Å². The number of aromatic carboxylic acids is 1. The van der Waals surface area contributed by atoms with Gasteiger partial charge in [-0.1, -0.05) is 19.3 Å². The van der Waals surface area contributed by atoms with Crippen LogP contribution in [0, 0.1) is 0 Å². The van der Waals surface area contributed by atoms with E-state index in [2.05, 4.69) is 12.2 Å². The smallest absolute Gasteiger partial charge is 0.336 e. The lowest BCUT2D eigenvalue weighted by molar-refractivity contribution is 0.0697. The maximum atomic E-state index is 10.8. The van der Waals surface area contributed by atoms with Crippen molar-refractivity contribution >= 4 is 17.3 Å². The summed E-state index contributed by atoms with van der Waals surface area (Å²) >= 11 is 1.52. The maximum Gasteiger partial charge on any atom is 0.336 e. The number of nitrogens with one attached hydrogen (secondary N) is 1. The average molecular weight is 253 g/mol. The lowest BCUT2D eigenvalue weighted by atomic mass is 9.83. The Labute approximate surface area is 106 Å². The van der Waals surface area contributed by atoms with Crippen molar-refractivity contribution in [3.63, 3.8) is 0 Å². The van der Waals surface area contributed by atoms with Crippen LogP contribution in [0.4, 0.5) is 0 Å². The molecule has 1 aliphatic carbocycles. The second kappa shape index (κ2) is 5.19. The minimum absolute atomic E-state index is 0.242. The van der Waals surface area contributed by atoms with Crippen LogP contribution in [0.1, 0.15) is 54.3 Å². The van der Waals surface area contributed by atoms with Crippen LogP contribution >= 0.6 is 11.3 Å². The van der Waals surface area contributed by atoms with Gasteiger partial charge < -0.3 is 10.4 Å². The summed E-state index contributed by atoms with van der Waals surface area (Å²) in [5.41, 5.74) is 0.645. The molecule has 0 bridgehead atoms. The van der Waals surface area contributed by atoms with Crippen molar-refractivity contribution in [2.24, 2.45) is 0 Å². The van der Waals surface area contributed by atoms with Gasteiger partial charge in [0.2, 0.25) is 0 Å². The summed E-state index contributed by atoms with van der Waals surface area (Å²) in [6.45, 7) is 3.06. The molecule has 0 saturated heterocycles. The summed E-state index contributed by atoms with van der Waals surface area (Å²) in [5.74, 6) is -0.837. The second-order valence-electron chi connectivity index (χ2n) is 5.08. The minimum Gasteiger partial charge on any atom is -0.478 e. The van der Waals surface area contributed by atoms with Crippen LogP contribution in [0.2, 0.25) is 0 Å². The predicted molar refractivity (Wildman–Crippen MR) is 69.6 cm³/mol. The first-order valence-electron chi connectivity index (χ1n) is 6.15. The van der Waals surface area contributed by atoms with E-state index in [-0.39, 0.29) is 5.54 Å². The molecule has 0 aromatic carbocycles. The molecule has 0 radical (unpaired) electrons. The van der Waals surface area contributed by atoms with Gasteiger partial charge in [0.25, 0.3) is 0 Å². The Morgan fingerprint density at radius 2 is 2.18 bits per heavy atom. The van der Waals surface area contributed by atoms with Gasteiger partial charge in [0.1, 0.15) is 0 Å². The van der Waals surface area contributed by atoms with Crippen LogP contribution in [0.5, 0.6) is 0 Å². The summed E-state index contributed by atoms with van der Waals surface area (Å²) in [6, 6.07) is 1.77. The highest BCUT2D eigenvalue weighted by molar-refractivity contribution is 7.10. The summed E-state index contributed by atoms with van der Waals surface area (Å²) in [7, 11) is 0. The first-order valence-corrected chi connectivity index (χ1v) is 7.03. The number of carbonyl (C=O) groups is 1. The number of thiophene rings is 1. The van der Waals surface area contributed by atoms with Gasteiger partial charge >= 0.3 is 5.97 Å². The van der Waals surface area contributed by atoms with E-state index in [1.165, 1.54) is 43.4 Å². The van der Waals surface area contributed by atoms with Crippen molar-refractivity contribution in [3.05, 3.63) is 21.9 Å². The predicted octanol–water partition coefficient (Wildman–Crippen LogP) is 3.26. The minimum atomic E-state index is -0.837. The molecule has 3 nitrogen and oxygen atoms in total. The number of hydrogen-bond acceptors (Lipinski definition) is 3. The van der Waals surface area contributed by atoms with Crippen LogP contribution < -0.4 is 5.32 Å². The normalized spacial score (nSPS) is 19.1. The van der Waals surface area contributed by atoms with Gasteiger partial charge in [0.15, 0.2) is 0 Å². The summed E-state index contributed by atoms with van der Waals surface area (Å²) < 4.78 is 0. The van der Waals surface area contributed by atoms with E-state index in [0.717, 1.165) is 11.4 Å². The number of carboxylic acid groups (broad SMARTS) is 1. The molecule has 1 saturated carbocycles. The van der Waals surface area contributed by atoms with Gasteiger partial charge in [-0.25, -0.2) is 4.79 Å². The Balaban J connectivity index is 1.90. The van der Waals surface area contributed by atoms with Crippen molar-refractivity contribution in [2.75, 3.05) is 0 Å². The zero-order chi connectivity index (χ0) is 12.3. The van der Waals surface area contributed by atoms with E-state index >= 15 is 0 Å². The third kappa shape index (κ3) is 3.30. The molecule has 0 aliphatic heterocycles. The van der Waals surface area contributed by atoms with Crippen LogP contribution in [-0.4, -0.2) is 16.6 Å². The van der Waals surface area contributed by atoms with Gasteiger partial charge in [-0.2, -0.15) is 0 Å². The molecule has 1 aromatic rings. The lowest BCUT2D eigenvalue weighted by Gasteiger charge is -2.34. The topological polar surface area (TPSA) is 49.3 Å². The standard InChI is InChI=1S/C13H19NO2S/c1-13(5-3-2-4-6-13)14-8-11-7-10(9-17-11)12(15)16/h7,9,14H,2-6,8H2,1H3,(H,15,16). The fourth-order valence-electron chi connectivity index (χ4n) is 2.39. The summed E-state index contributed by atoms with van der Waals surface area (Å²) in [4.78, 5) is 11.9. The molecule has 2 rings (SSSR count). The first kappa shape index (κ1) is 12.6. The Bertz CT molecular complexity index is 394. The van der Waals surface area contributed by atoms with Crippen LogP contribution in [-0.2, 0) is 6.54 Å². The van der Waals surface area contributed by atoms with Gasteiger partial charge in [-0.3, -0.25) is 0 Å². The maximum absolute atomic E-state index is 10.8. The van der Waals surface area contributed by atoms with Gasteiger partial charge in [0.05, 0.1) is 5.56 Å². The van der Waals surface area contributed by atoms with Gasteiger partial charge in [0, 0.05) is 22.3 Å². The van der Waals surface area contributed by atoms with Crippen molar-refractivity contribution in [1.29, 1.82) is 0 Å². The van der Waals surface area contributed by atoms with Crippen LogP contribution in [0.3, 0.4) is 0 Å². The molecule has 4 heteroatoms. The van der Waals surface area contributed by atoms with E-state index in [1.54, 1.807) is 11.4 Å². The molecule has 0 unspecified atom stereocenters. The highest BCUT2D eigenvalue weighted by Gasteiger charge is 2.25. The molecule has 0 atom stereocenters. The fraction of sp³-hybridized carbons (Fsp3) is 0.615. The van der Waals surface area contributed by atoms with Gasteiger partial charge in [-0.05, 0) is 25.8 Å². The monoisotopic (exact) mass is 253 g/mol. The lowest BCUT2D eigenvalue weighted by Crippen LogP contribution is -2.43. The third-order valence-corrected chi connectivity index (χ3v) is 4.48. The van der Waals surface area contributed by atoms with E-state index in [4.69, 9.17) is 5.11 Å². The second-order valence-corrected chi connectivity index (χ2v) is 6.08. The number of hydrogen-bond donors (Lipinski definition) is 2. The average Bonchev–Trinajstić information content (AvgIpc) is 2.76. The SMILES string of the molecule is CC1(NCc2cc(C(=O)O)cs2)CCCCC1. The largest absolute Gasteiger partial charge is 0.478 e. The molecule has 1 heterocycles. The van der Waals surface area contributed by atoms with Crippen LogP contribution in [0.25, 0.3) is 0 Å². The highest BCUT2D eigenvalue weighted by Crippen LogP contribution is 2.28. The highest BCUT2D eigenvalue weighted by atomic mass is 32.1. The molecular formula is C13H19NO2S. The molecule has 2 N–H and O–H groups in total. The molecule has 1 fully saturated rings. The fourth-order valence-corrected chi connectivity index (χ4v) is 3.19. The van der Waals surface area contributed by atoms with E-state index < -0.39 is 5.97 Å². The number of carboxylic acids is 1. The quantitative estimate of drug-likeness (QED) is 0.866. The zero-order valence-electron chi connectivity index (χ0n) is 10.2. The Kier molecular flexibility index (Phi) is 3.84. The van der Waals surface area contributed by atoms with Crippen molar-refractivity contribution < 1.29 is 9.90 Å². The summed E-state index contributed by atoms with van der Waals surface area (Å²) in [6.07, 6.45) is 6.40.